The van der Waals surface area contributed by atoms with Crippen LogP contribution >= 0.6 is 11.8 Å². The van der Waals surface area contributed by atoms with Gasteiger partial charge in [-0.15, -0.1) is 0 Å². The van der Waals surface area contributed by atoms with Crippen LogP contribution in [0, 0.1) is 5.41 Å². The third-order valence-corrected chi connectivity index (χ3v) is 6.43. The van der Waals surface area contributed by atoms with Gasteiger partial charge in [-0.2, -0.15) is 11.8 Å². The van der Waals surface area contributed by atoms with Gasteiger partial charge in [0.2, 0.25) is 0 Å². The fraction of sp³-hybridized carbons (Fsp3) is 1.00. The molecule has 0 amide bonds. The molecular formula is C14H25NO2S. The van der Waals surface area contributed by atoms with Crippen molar-refractivity contribution in [3.8, 4) is 0 Å². The summed E-state index contributed by atoms with van der Waals surface area (Å²) in [6.07, 6.45) is 6.52. The van der Waals surface area contributed by atoms with E-state index in [4.69, 9.17) is 4.74 Å². The van der Waals surface area contributed by atoms with Crippen molar-refractivity contribution in [1.29, 1.82) is 0 Å². The molecule has 0 aromatic carbocycles. The molecule has 18 heavy (non-hydrogen) atoms. The molecule has 1 aliphatic heterocycles. The van der Waals surface area contributed by atoms with Gasteiger partial charge in [-0.25, -0.2) is 0 Å². The Morgan fingerprint density at radius 1 is 1.39 bits per heavy atom. The summed E-state index contributed by atoms with van der Waals surface area (Å²) in [7, 11) is 0. The summed E-state index contributed by atoms with van der Waals surface area (Å²) >= 11 is 1.87. The van der Waals surface area contributed by atoms with E-state index in [1.807, 2.05) is 11.8 Å². The molecule has 2 N–H and O–H groups in total. The van der Waals surface area contributed by atoms with E-state index in [9.17, 15) is 5.11 Å². The number of nitrogens with one attached hydrogen (secondary N) is 1. The van der Waals surface area contributed by atoms with Gasteiger partial charge >= 0.3 is 0 Å². The van der Waals surface area contributed by atoms with Crippen LogP contribution in [0.25, 0.3) is 0 Å². The molecule has 0 aromatic heterocycles. The first-order chi connectivity index (χ1) is 8.69. The molecule has 3 aliphatic rings. The molecule has 4 heteroatoms. The maximum absolute atomic E-state index is 10.4. The van der Waals surface area contributed by atoms with Crippen molar-refractivity contribution in [1.82, 2.24) is 5.32 Å². The van der Waals surface area contributed by atoms with Gasteiger partial charge < -0.3 is 15.2 Å². The molecule has 0 aromatic rings. The summed E-state index contributed by atoms with van der Waals surface area (Å²) in [6.45, 7) is 3.69. The van der Waals surface area contributed by atoms with Crippen LogP contribution in [0.3, 0.4) is 0 Å². The third kappa shape index (κ3) is 2.11. The summed E-state index contributed by atoms with van der Waals surface area (Å²) in [5.41, 5.74) is -0.0373. The standard InChI is InChI=1S/C14H25NO2S/c1-2-17-12-8-11(14(12)4-3-5-14)15-9-13(16)6-7-18-10-13/h11-12,15-16H,2-10H2,1H3/t11-,12-,13+/m1/s1. The topological polar surface area (TPSA) is 41.5 Å². The highest BCUT2D eigenvalue weighted by molar-refractivity contribution is 7.99. The van der Waals surface area contributed by atoms with E-state index in [1.165, 1.54) is 19.3 Å². The lowest BCUT2D eigenvalue weighted by molar-refractivity contribution is -0.174. The zero-order chi connectivity index (χ0) is 12.6. The average Bonchev–Trinajstić information content (AvgIpc) is 2.67. The van der Waals surface area contributed by atoms with Gasteiger partial charge in [0.25, 0.3) is 0 Å². The van der Waals surface area contributed by atoms with Crippen LogP contribution < -0.4 is 5.32 Å². The molecule has 3 rings (SSSR count). The van der Waals surface area contributed by atoms with Crippen molar-refractivity contribution in [2.24, 2.45) is 5.41 Å². The van der Waals surface area contributed by atoms with Crippen LogP contribution in [0.2, 0.25) is 0 Å². The van der Waals surface area contributed by atoms with Crippen molar-refractivity contribution >= 4 is 11.8 Å². The fourth-order valence-electron chi connectivity index (χ4n) is 3.77. The molecule has 0 bridgehead atoms. The van der Waals surface area contributed by atoms with Gasteiger partial charge in [0.05, 0.1) is 11.7 Å². The highest BCUT2D eigenvalue weighted by atomic mass is 32.2. The predicted octanol–water partition coefficient (Wildman–Crippen LogP) is 1.79. The van der Waals surface area contributed by atoms with Crippen LogP contribution in [0.5, 0.6) is 0 Å². The number of rotatable bonds is 5. The minimum absolute atomic E-state index is 0.415. The molecule has 3 nitrogen and oxygen atoms in total. The van der Waals surface area contributed by atoms with Gasteiger partial charge in [-0.05, 0) is 38.4 Å². The Bertz CT molecular complexity index is 300. The normalized spacial score (nSPS) is 41.7. The van der Waals surface area contributed by atoms with Gasteiger partial charge in [-0.1, -0.05) is 6.42 Å². The van der Waals surface area contributed by atoms with E-state index in [-0.39, 0.29) is 0 Å². The van der Waals surface area contributed by atoms with Crippen LogP contribution in [-0.4, -0.2) is 47.5 Å². The average molecular weight is 271 g/mol. The highest BCUT2D eigenvalue weighted by Crippen LogP contribution is 2.57. The van der Waals surface area contributed by atoms with E-state index in [0.717, 1.165) is 37.5 Å². The molecule has 1 heterocycles. The van der Waals surface area contributed by atoms with Crippen LogP contribution in [0.15, 0.2) is 0 Å². The smallest absolute Gasteiger partial charge is 0.0869 e. The quantitative estimate of drug-likeness (QED) is 0.800. The first kappa shape index (κ1) is 13.2. The largest absolute Gasteiger partial charge is 0.388 e. The van der Waals surface area contributed by atoms with Gasteiger partial charge in [-0.3, -0.25) is 0 Å². The maximum Gasteiger partial charge on any atom is 0.0869 e. The van der Waals surface area contributed by atoms with Crippen molar-refractivity contribution < 1.29 is 9.84 Å². The lowest BCUT2D eigenvalue weighted by atomic mass is 9.51. The summed E-state index contributed by atoms with van der Waals surface area (Å²) in [6, 6.07) is 0.581. The number of thioether (sulfide) groups is 1. The lowest BCUT2D eigenvalue weighted by Crippen LogP contribution is -2.68. The second-order valence-corrected chi connectivity index (χ2v) is 7.33. The minimum Gasteiger partial charge on any atom is -0.388 e. The van der Waals surface area contributed by atoms with E-state index < -0.39 is 5.60 Å². The Hall–Kier alpha value is 0.230. The summed E-state index contributed by atoms with van der Waals surface area (Å²) in [4.78, 5) is 0. The van der Waals surface area contributed by atoms with Crippen LogP contribution in [0.4, 0.5) is 0 Å². The molecular weight excluding hydrogens is 246 g/mol. The second-order valence-electron chi connectivity index (χ2n) is 6.23. The van der Waals surface area contributed by atoms with Crippen molar-refractivity contribution in [3.05, 3.63) is 0 Å². The highest BCUT2D eigenvalue weighted by Gasteiger charge is 2.58. The maximum atomic E-state index is 10.4. The molecule has 2 aliphatic carbocycles. The summed E-state index contributed by atoms with van der Waals surface area (Å²) in [5, 5.41) is 14.0. The number of hydrogen-bond acceptors (Lipinski definition) is 4. The fourth-order valence-corrected chi connectivity index (χ4v) is 5.07. The molecule has 104 valence electrons. The van der Waals surface area contributed by atoms with Gasteiger partial charge in [0.15, 0.2) is 0 Å². The molecule has 1 spiro atoms. The van der Waals surface area contributed by atoms with E-state index in [0.29, 0.717) is 17.6 Å². The van der Waals surface area contributed by atoms with Crippen molar-refractivity contribution in [3.63, 3.8) is 0 Å². The lowest BCUT2D eigenvalue weighted by Gasteiger charge is -2.61. The summed E-state index contributed by atoms with van der Waals surface area (Å²) in [5.74, 6) is 2.00. The molecule has 1 saturated heterocycles. The van der Waals surface area contributed by atoms with Gasteiger partial charge in [0.1, 0.15) is 0 Å². The first-order valence-corrected chi connectivity index (χ1v) is 8.49. The van der Waals surface area contributed by atoms with E-state index in [1.54, 1.807) is 0 Å². The second kappa shape index (κ2) is 4.97. The van der Waals surface area contributed by atoms with E-state index >= 15 is 0 Å². The molecule has 2 saturated carbocycles. The van der Waals surface area contributed by atoms with Crippen LogP contribution in [0.1, 0.15) is 39.0 Å². The Morgan fingerprint density at radius 3 is 2.78 bits per heavy atom. The van der Waals surface area contributed by atoms with Crippen molar-refractivity contribution in [2.75, 3.05) is 24.7 Å². The SMILES string of the molecule is CCO[C@@H]1C[C@@H](NC[C@@]2(O)CCSC2)C12CCC2. The number of ether oxygens (including phenoxy) is 1. The number of hydrogen-bond donors (Lipinski definition) is 2. The van der Waals surface area contributed by atoms with E-state index in [2.05, 4.69) is 12.2 Å². The minimum atomic E-state index is -0.452. The van der Waals surface area contributed by atoms with Crippen molar-refractivity contribution in [2.45, 2.75) is 56.8 Å². The Labute approximate surface area is 114 Å². The molecule has 0 unspecified atom stereocenters. The zero-order valence-corrected chi connectivity index (χ0v) is 12.1. The monoisotopic (exact) mass is 271 g/mol. The number of aliphatic hydroxyl groups is 1. The molecule has 0 radical (unpaired) electrons. The van der Waals surface area contributed by atoms with Crippen LogP contribution in [-0.2, 0) is 4.74 Å². The predicted molar refractivity (Wildman–Crippen MR) is 75.0 cm³/mol. The molecule has 3 fully saturated rings. The first-order valence-electron chi connectivity index (χ1n) is 7.34. The summed E-state index contributed by atoms with van der Waals surface area (Å²) < 4.78 is 5.86. The molecule has 3 atom stereocenters. The zero-order valence-electron chi connectivity index (χ0n) is 11.3. The Kier molecular flexibility index (Phi) is 3.65. The van der Waals surface area contributed by atoms with Gasteiger partial charge in [0, 0.05) is 30.4 Å². The Balaban J connectivity index is 1.52. The Morgan fingerprint density at radius 2 is 2.22 bits per heavy atom. The third-order valence-electron chi connectivity index (χ3n) is 5.20.